The zero-order chi connectivity index (χ0) is 12.5. The van der Waals surface area contributed by atoms with Crippen molar-refractivity contribution in [2.45, 2.75) is 44.3 Å². The van der Waals surface area contributed by atoms with Crippen molar-refractivity contribution >= 4 is 0 Å². The van der Waals surface area contributed by atoms with E-state index in [0.29, 0.717) is 18.8 Å². The number of halogens is 3. The highest BCUT2D eigenvalue weighted by Crippen LogP contribution is 2.34. The summed E-state index contributed by atoms with van der Waals surface area (Å²) in [5.74, 6) is -0.608. The molecule has 3 unspecified atom stereocenters. The lowest BCUT2D eigenvalue weighted by molar-refractivity contribution is -0.187. The average Bonchev–Trinajstić information content (AvgIpc) is 2.63. The van der Waals surface area contributed by atoms with Gasteiger partial charge in [0.2, 0.25) is 0 Å². The minimum absolute atomic E-state index is 0.190. The molecule has 1 saturated carbocycles. The predicted molar refractivity (Wildman–Crippen MR) is 60.5 cm³/mol. The summed E-state index contributed by atoms with van der Waals surface area (Å²) in [4.78, 5) is 1.99. The maximum Gasteiger partial charge on any atom is 0.393 e. The lowest BCUT2D eigenvalue weighted by Gasteiger charge is -2.35. The van der Waals surface area contributed by atoms with E-state index < -0.39 is 12.1 Å². The zero-order valence-corrected chi connectivity index (χ0v) is 10.0. The van der Waals surface area contributed by atoms with Crippen LogP contribution in [0.3, 0.4) is 0 Å². The van der Waals surface area contributed by atoms with Crippen LogP contribution in [0.15, 0.2) is 0 Å². The molecule has 0 aromatic carbocycles. The van der Waals surface area contributed by atoms with Crippen molar-refractivity contribution in [3.8, 4) is 0 Å². The fraction of sp³-hybridized carbons (Fsp3) is 1.00. The highest BCUT2D eigenvalue weighted by atomic mass is 19.4. The molecule has 2 N–H and O–H groups in total. The van der Waals surface area contributed by atoms with E-state index in [1.54, 1.807) is 0 Å². The Labute approximate surface area is 100 Å². The van der Waals surface area contributed by atoms with Crippen LogP contribution in [0.1, 0.15) is 32.1 Å². The SMILES string of the molecule is NC1CCC(CN2CCCC(C(F)(F)F)C2)C1. The van der Waals surface area contributed by atoms with E-state index in [-0.39, 0.29) is 12.6 Å². The highest BCUT2D eigenvalue weighted by Gasteiger charge is 2.42. The molecular formula is C12H21F3N2. The Bertz CT molecular complexity index is 255. The molecule has 2 rings (SSSR count). The summed E-state index contributed by atoms with van der Waals surface area (Å²) in [6, 6.07) is 0.267. The van der Waals surface area contributed by atoms with Gasteiger partial charge in [-0.15, -0.1) is 0 Å². The van der Waals surface area contributed by atoms with Crippen molar-refractivity contribution in [3.63, 3.8) is 0 Å². The van der Waals surface area contributed by atoms with Crippen molar-refractivity contribution < 1.29 is 13.2 Å². The lowest BCUT2D eigenvalue weighted by atomic mass is 9.96. The summed E-state index contributed by atoms with van der Waals surface area (Å²) < 4.78 is 37.9. The van der Waals surface area contributed by atoms with Gasteiger partial charge in [-0.2, -0.15) is 13.2 Å². The fourth-order valence-corrected chi connectivity index (χ4v) is 3.13. The molecule has 0 amide bonds. The largest absolute Gasteiger partial charge is 0.393 e. The Morgan fingerprint density at radius 1 is 1.18 bits per heavy atom. The Morgan fingerprint density at radius 2 is 1.94 bits per heavy atom. The number of hydrogen-bond donors (Lipinski definition) is 1. The summed E-state index contributed by atoms with van der Waals surface area (Å²) in [6.45, 7) is 1.81. The van der Waals surface area contributed by atoms with Crippen molar-refractivity contribution in [2.75, 3.05) is 19.6 Å². The van der Waals surface area contributed by atoms with Crippen LogP contribution in [0.5, 0.6) is 0 Å². The van der Waals surface area contributed by atoms with E-state index in [9.17, 15) is 13.2 Å². The highest BCUT2D eigenvalue weighted by molar-refractivity contribution is 4.83. The topological polar surface area (TPSA) is 29.3 Å². The Morgan fingerprint density at radius 3 is 2.53 bits per heavy atom. The summed E-state index contributed by atoms with van der Waals surface area (Å²) in [5.41, 5.74) is 5.83. The lowest BCUT2D eigenvalue weighted by Crippen LogP contribution is -2.43. The van der Waals surface area contributed by atoms with Gasteiger partial charge in [-0.25, -0.2) is 0 Å². The second kappa shape index (κ2) is 5.14. The van der Waals surface area contributed by atoms with Gasteiger partial charge in [-0.3, -0.25) is 0 Å². The van der Waals surface area contributed by atoms with Crippen molar-refractivity contribution in [3.05, 3.63) is 0 Å². The number of alkyl halides is 3. The van der Waals surface area contributed by atoms with Crippen LogP contribution in [0.25, 0.3) is 0 Å². The van der Waals surface area contributed by atoms with Gasteiger partial charge in [-0.1, -0.05) is 0 Å². The minimum Gasteiger partial charge on any atom is -0.328 e. The quantitative estimate of drug-likeness (QED) is 0.815. The molecule has 100 valence electrons. The molecule has 17 heavy (non-hydrogen) atoms. The molecule has 2 nitrogen and oxygen atoms in total. The second-order valence-corrected chi connectivity index (χ2v) is 5.58. The second-order valence-electron chi connectivity index (χ2n) is 5.58. The molecule has 1 aliphatic heterocycles. The summed E-state index contributed by atoms with van der Waals surface area (Å²) in [6.07, 6.45) is 0.0284. The van der Waals surface area contributed by atoms with Crippen molar-refractivity contribution in [1.29, 1.82) is 0 Å². The predicted octanol–water partition coefficient (Wildman–Crippen LogP) is 2.39. The Hall–Kier alpha value is -0.290. The van der Waals surface area contributed by atoms with Crippen LogP contribution in [0, 0.1) is 11.8 Å². The Balaban J connectivity index is 1.81. The van der Waals surface area contributed by atoms with Crippen LogP contribution in [-0.2, 0) is 0 Å². The first-order valence-corrected chi connectivity index (χ1v) is 6.50. The first-order chi connectivity index (χ1) is 7.95. The molecule has 1 saturated heterocycles. The molecule has 2 fully saturated rings. The van der Waals surface area contributed by atoms with Gasteiger partial charge in [0.15, 0.2) is 0 Å². The number of nitrogens with zero attached hydrogens (tertiary/aromatic N) is 1. The number of hydrogen-bond acceptors (Lipinski definition) is 2. The number of rotatable bonds is 2. The van der Waals surface area contributed by atoms with Crippen LogP contribution in [0.4, 0.5) is 13.2 Å². The smallest absolute Gasteiger partial charge is 0.328 e. The first-order valence-electron chi connectivity index (χ1n) is 6.50. The third-order valence-corrected chi connectivity index (χ3v) is 4.07. The van der Waals surface area contributed by atoms with Crippen LogP contribution >= 0.6 is 0 Å². The van der Waals surface area contributed by atoms with E-state index in [2.05, 4.69) is 0 Å². The number of likely N-dealkylation sites (tertiary alicyclic amines) is 1. The number of nitrogens with two attached hydrogens (primary N) is 1. The first kappa shape index (κ1) is 13.1. The third kappa shape index (κ3) is 3.58. The van der Waals surface area contributed by atoms with Crippen molar-refractivity contribution in [1.82, 2.24) is 4.90 Å². The molecule has 0 radical (unpaired) electrons. The molecule has 0 aromatic heterocycles. The molecule has 1 aliphatic carbocycles. The molecule has 3 atom stereocenters. The summed E-state index contributed by atoms with van der Waals surface area (Å²) >= 11 is 0. The molecule has 0 bridgehead atoms. The monoisotopic (exact) mass is 250 g/mol. The maximum absolute atomic E-state index is 12.6. The average molecular weight is 250 g/mol. The summed E-state index contributed by atoms with van der Waals surface area (Å²) in [5, 5.41) is 0. The summed E-state index contributed by atoms with van der Waals surface area (Å²) in [7, 11) is 0. The molecular weight excluding hydrogens is 229 g/mol. The van der Waals surface area contributed by atoms with Crippen molar-refractivity contribution in [2.24, 2.45) is 17.6 Å². The van der Waals surface area contributed by atoms with Gasteiger partial charge in [0, 0.05) is 19.1 Å². The van der Waals surface area contributed by atoms with E-state index in [0.717, 1.165) is 32.4 Å². The maximum atomic E-state index is 12.6. The van der Waals surface area contributed by atoms with Gasteiger partial charge < -0.3 is 10.6 Å². The standard InChI is InChI=1S/C12H21F3N2/c13-12(14,15)10-2-1-5-17(8-10)7-9-3-4-11(16)6-9/h9-11H,1-8,16H2. The number of piperidine rings is 1. The van der Waals surface area contributed by atoms with Crippen LogP contribution in [0.2, 0.25) is 0 Å². The normalized spacial score (nSPS) is 36.4. The third-order valence-electron chi connectivity index (χ3n) is 4.07. The molecule has 5 heteroatoms. The fourth-order valence-electron chi connectivity index (χ4n) is 3.13. The van der Waals surface area contributed by atoms with Gasteiger partial charge in [-0.05, 0) is 44.6 Å². The molecule has 0 aromatic rings. The molecule has 1 heterocycles. The van der Waals surface area contributed by atoms with Gasteiger partial charge in [0.25, 0.3) is 0 Å². The van der Waals surface area contributed by atoms with E-state index >= 15 is 0 Å². The minimum atomic E-state index is -4.02. The molecule has 2 aliphatic rings. The Kier molecular flexibility index (Phi) is 3.98. The van der Waals surface area contributed by atoms with Gasteiger partial charge in [0.05, 0.1) is 5.92 Å². The van der Waals surface area contributed by atoms with Gasteiger partial charge in [0.1, 0.15) is 0 Å². The van der Waals surface area contributed by atoms with E-state index in [1.807, 2.05) is 4.90 Å². The zero-order valence-electron chi connectivity index (χ0n) is 10.0. The van der Waals surface area contributed by atoms with Crippen LogP contribution in [-0.4, -0.2) is 36.8 Å². The van der Waals surface area contributed by atoms with E-state index in [4.69, 9.17) is 5.73 Å². The van der Waals surface area contributed by atoms with E-state index in [1.165, 1.54) is 0 Å². The van der Waals surface area contributed by atoms with Crippen LogP contribution < -0.4 is 5.73 Å². The molecule has 0 spiro atoms. The van der Waals surface area contributed by atoms with Gasteiger partial charge >= 0.3 is 6.18 Å².